The average molecular weight is 378 g/mol. The summed E-state index contributed by atoms with van der Waals surface area (Å²) in [5.41, 5.74) is 1.13. The molecular weight excluding hydrogens is 342 g/mol. The molecule has 2 rings (SSSR count). The molecular formula is C21H35N3O3. The van der Waals surface area contributed by atoms with Crippen molar-refractivity contribution in [2.45, 2.75) is 46.3 Å². The smallest absolute Gasteiger partial charge is 0.191 e. The van der Waals surface area contributed by atoms with Gasteiger partial charge in [0, 0.05) is 32.2 Å². The first kappa shape index (κ1) is 21.5. The molecule has 1 saturated heterocycles. The van der Waals surface area contributed by atoms with Gasteiger partial charge in [-0.05, 0) is 51.3 Å². The van der Waals surface area contributed by atoms with Gasteiger partial charge in [0.15, 0.2) is 5.96 Å². The lowest BCUT2D eigenvalue weighted by Gasteiger charge is -2.13. The number of benzene rings is 1. The zero-order valence-corrected chi connectivity index (χ0v) is 17.0. The first-order valence-corrected chi connectivity index (χ1v) is 10.1. The molecule has 0 radical (unpaired) electrons. The number of rotatable bonds is 11. The number of guanidine groups is 1. The number of aliphatic imine (C=N–C) groups is 1. The molecule has 1 aliphatic rings. The molecule has 1 unspecified atom stereocenters. The number of nitrogens with zero attached hydrogens (tertiary/aromatic N) is 1. The minimum absolute atomic E-state index is 0.172. The molecule has 6 nitrogen and oxygen atoms in total. The standard InChI is InChI=1S/C21H35N3O3/c1-4-22-21(23-10-6-11-25-15-19-9-12-26-16-19)24-14-18-7-5-8-20(13-18)27-17(2)3/h5,7-8,13,17,19H,4,6,9-12,14-16H2,1-3H3,(H2,22,23,24). The number of hydrogen-bond acceptors (Lipinski definition) is 4. The van der Waals surface area contributed by atoms with E-state index in [1.54, 1.807) is 0 Å². The van der Waals surface area contributed by atoms with E-state index in [2.05, 4.69) is 28.6 Å². The summed E-state index contributed by atoms with van der Waals surface area (Å²) < 4.78 is 16.8. The normalized spacial score (nSPS) is 17.3. The molecule has 0 aliphatic carbocycles. The Hall–Kier alpha value is -1.79. The van der Waals surface area contributed by atoms with E-state index >= 15 is 0 Å². The van der Waals surface area contributed by atoms with Crippen molar-refractivity contribution in [3.8, 4) is 5.75 Å². The van der Waals surface area contributed by atoms with Crippen molar-refractivity contribution in [3.05, 3.63) is 29.8 Å². The summed E-state index contributed by atoms with van der Waals surface area (Å²) in [7, 11) is 0. The first-order chi connectivity index (χ1) is 13.2. The second kappa shape index (κ2) is 12.6. The van der Waals surface area contributed by atoms with Crippen LogP contribution in [0.15, 0.2) is 29.3 Å². The lowest BCUT2D eigenvalue weighted by Crippen LogP contribution is -2.38. The second-order valence-electron chi connectivity index (χ2n) is 7.09. The first-order valence-electron chi connectivity index (χ1n) is 10.1. The van der Waals surface area contributed by atoms with Crippen molar-refractivity contribution >= 4 is 5.96 Å². The zero-order valence-electron chi connectivity index (χ0n) is 17.0. The Labute approximate surface area is 163 Å². The molecule has 0 bridgehead atoms. The number of ether oxygens (including phenoxy) is 3. The van der Waals surface area contributed by atoms with Crippen LogP contribution in [0.5, 0.6) is 5.75 Å². The molecule has 0 aromatic heterocycles. The molecule has 2 N–H and O–H groups in total. The largest absolute Gasteiger partial charge is 0.491 e. The topological polar surface area (TPSA) is 64.1 Å². The molecule has 1 heterocycles. The molecule has 152 valence electrons. The lowest BCUT2D eigenvalue weighted by molar-refractivity contribution is 0.0888. The lowest BCUT2D eigenvalue weighted by atomic mass is 10.1. The molecule has 0 amide bonds. The van der Waals surface area contributed by atoms with Gasteiger partial charge in [-0.15, -0.1) is 0 Å². The van der Waals surface area contributed by atoms with Crippen molar-refractivity contribution < 1.29 is 14.2 Å². The Morgan fingerprint density at radius 3 is 2.96 bits per heavy atom. The molecule has 6 heteroatoms. The summed E-state index contributed by atoms with van der Waals surface area (Å²) in [6, 6.07) is 8.11. The van der Waals surface area contributed by atoms with Gasteiger partial charge in [-0.2, -0.15) is 0 Å². The van der Waals surface area contributed by atoms with E-state index in [9.17, 15) is 0 Å². The highest BCUT2D eigenvalue weighted by Gasteiger charge is 2.15. The third-order valence-corrected chi connectivity index (χ3v) is 4.17. The molecule has 0 saturated carbocycles. The van der Waals surface area contributed by atoms with Crippen LogP contribution < -0.4 is 15.4 Å². The summed E-state index contributed by atoms with van der Waals surface area (Å²) in [5.74, 6) is 2.30. The zero-order chi connectivity index (χ0) is 19.3. The van der Waals surface area contributed by atoms with Gasteiger partial charge >= 0.3 is 0 Å². The maximum absolute atomic E-state index is 5.75. The van der Waals surface area contributed by atoms with E-state index in [0.717, 1.165) is 69.6 Å². The number of hydrogen-bond donors (Lipinski definition) is 2. The predicted octanol–water partition coefficient (Wildman–Crippen LogP) is 2.97. The van der Waals surface area contributed by atoms with Crippen molar-refractivity contribution in [1.29, 1.82) is 0 Å². The van der Waals surface area contributed by atoms with Gasteiger partial charge in [0.25, 0.3) is 0 Å². The molecule has 1 fully saturated rings. The van der Waals surface area contributed by atoms with Crippen LogP contribution in [0.1, 0.15) is 39.2 Å². The van der Waals surface area contributed by atoms with Gasteiger partial charge in [-0.1, -0.05) is 12.1 Å². The van der Waals surface area contributed by atoms with Gasteiger partial charge < -0.3 is 24.8 Å². The van der Waals surface area contributed by atoms with Crippen molar-refractivity contribution in [2.24, 2.45) is 10.9 Å². The minimum Gasteiger partial charge on any atom is -0.491 e. The molecule has 0 spiro atoms. The second-order valence-corrected chi connectivity index (χ2v) is 7.09. The van der Waals surface area contributed by atoms with Crippen molar-refractivity contribution in [2.75, 3.05) is 39.5 Å². The highest BCUT2D eigenvalue weighted by atomic mass is 16.5. The highest BCUT2D eigenvalue weighted by Crippen LogP contribution is 2.15. The third-order valence-electron chi connectivity index (χ3n) is 4.17. The van der Waals surface area contributed by atoms with Crippen LogP contribution in [0.4, 0.5) is 0 Å². The summed E-state index contributed by atoms with van der Waals surface area (Å²) in [4.78, 5) is 4.67. The van der Waals surface area contributed by atoms with Gasteiger partial charge in [-0.25, -0.2) is 4.99 Å². The van der Waals surface area contributed by atoms with E-state index in [-0.39, 0.29) is 6.10 Å². The van der Waals surface area contributed by atoms with Gasteiger partial charge in [0.1, 0.15) is 5.75 Å². The maximum atomic E-state index is 5.75. The third kappa shape index (κ3) is 9.11. The van der Waals surface area contributed by atoms with Crippen LogP contribution in [-0.4, -0.2) is 51.6 Å². The molecule has 1 aromatic rings. The van der Waals surface area contributed by atoms with Crippen LogP contribution in [0.25, 0.3) is 0 Å². The predicted molar refractivity (Wildman–Crippen MR) is 109 cm³/mol. The summed E-state index contributed by atoms with van der Waals surface area (Å²) in [6.45, 7) is 11.7. The quantitative estimate of drug-likeness (QED) is 0.353. The fourth-order valence-electron chi connectivity index (χ4n) is 2.85. The van der Waals surface area contributed by atoms with Gasteiger partial charge in [0.05, 0.1) is 25.9 Å². The van der Waals surface area contributed by atoms with E-state index in [1.807, 2.05) is 32.0 Å². The van der Waals surface area contributed by atoms with E-state index in [4.69, 9.17) is 14.2 Å². The number of nitrogens with one attached hydrogen (secondary N) is 2. The molecule has 27 heavy (non-hydrogen) atoms. The van der Waals surface area contributed by atoms with Gasteiger partial charge in [-0.3, -0.25) is 0 Å². The Balaban J connectivity index is 1.69. The fourth-order valence-corrected chi connectivity index (χ4v) is 2.85. The van der Waals surface area contributed by atoms with Crippen LogP contribution in [0.2, 0.25) is 0 Å². The summed E-state index contributed by atoms with van der Waals surface area (Å²) in [5, 5.41) is 6.65. The minimum atomic E-state index is 0.172. The fraction of sp³-hybridized carbons (Fsp3) is 0.667. The van der Waals surface area contributed by atoms with Crippen LogP contribution >= 0.6 is 0 Å². The van der Waals surface area contributed by atoms with Gasteiger partial charge in [0.2, 0.25) is 0 Å². The Morgan fingerprint density at radius 1 is 1.33 bits per heavy atom. The molecule has 1 aliphatic heterocycles. The monoisotopic (exact) mass is 377 g/mol. The van der Waals surface area contributed by atoms with Crippen molar-refractivity contribution in [1.82, 2.24) is 10.6 Å². The Bertz CT molecular complexity index is 557. The van der Waals surface area contributed by atoms with Crippen LogP contribution in [0.3, 0.4) is 0 Å². The summed E-state index contributed by atoms with van der Waals surface area (Å²) in [6.07, 6.45) is 2.25. The Morgan fingerprint density at radius 2 is 2.22 bits per heavy atom. The summed E-state index contributed by atoms with van der Waals surface area (Å²) >= 11 is 0. The van der Waals surface area contributed by atoms with Crippen LogP contribution in [0, 0.1) is 5.92 Å². The van der Waals surface area contributed by atoms with E-state index in [1.165, 1.54) is 0 Å². The maximum Gasteiger partial charge on any atom is 0.191 e. The molecule has 1 aromatic carbocycles. The van der Waals surface area contributed by atoms with E-state index in [0.29, 0.717) is 12.5 Å². The molecule has 1 atom stereocenters. The SMILES string of the molecule is CCNC(=NCc1cccc(OC(C)C)c1)NCCCOCC1CCOC1. The highest BCUT2D eigenvalue weighted by molar-refractivity contribution is 5.79. The van der Waals surface area contributed by atoms with Crippen molar-refractivity contribution in [3.63, 3.8) is 0 Å². The van der Waals surface area contributed by atoms with Crippen LogP contribution in [-0.2, 0) is 16.0 Å². The Kier molecular flexibility index (Phi) is 10.0. The average Bonchev–Trinajstić information content (AvgIpc) is 3.15. The van der Waals surface area contributed by atoms with E-state index < -0.39 is 0 Å².